The van der Waals surface area contributed by atoms with Gasteiger partial charge in [-0.1, -0.05) is 21.6 Å². The second-order valence-electron chi connectivity index (χ2n) is 0.333. The molecule has 6 heavy (non-hydrogen) atoms. The summed E-state index contributed by atoms with van der Waals surface area (Å²) in [5.74, 6) is 0. The van der Waals surface area contributed by atoms with Crippen molar-refractivity contribution in [3.05, 3.63) is 0 Å². The van der Waals surface area contributed by atoms with Crippen molar-refractivity contribution >= 4 is 56.3 Å². The summed E-state index contributed by atoms with van der Waals surface area (Å²) in [5, 5.41) is 0. The first kappa shape index (κ1) is 15.7. The Bertz CT molecular complexity index is 11.5. The summed E-state index contributed by atoms with van der Waals surface area (Å²) >= 11 is 0. The number of rotatable bonds is 1. The fourth-order valence-electron chi connectivity index (χ4n) is 0. The zero-order chi connectivity index (χ0) is 3.41. The second kappa shape index (κ2) is 15.9. The smallest absolute Gasteiger partial charge is 0.0979 e. The molecule has 0 amide bonds. The molecule has 0 aliphatic carbocycles. The maximum atomic E-state index is 2.06. The highest BCUT2D eigenvalue weighted by Gasteiger charge is 1.55. The quantitative estimate of drug-likeness (QED) is 0.360. The van der Waals surface area contributed by atoms with Crippen LogP contribution in [0.25, 0.3) is 0 Å². The predicted octanol–water partition coefficient (Wildman–Crippen LogP) is -0.740. The molecule has 0 N–H and O–H groups in total. The molecule has 4 heteroatoms. The van der Waals surface area contributed by atoms with E-state index in [4.69, 9.17) is 0 Å². The van der Waals surface area contributed by atoms with Crippen molar-refractivity contribution in [2.24, 2.45) is 0 Å². The third-order valence-corrected chi connectivity index (χ3v) is 1.50. The zero-order valence-corrected chi connectivity index (χ0v) is 4.45. The Morgan fingerprint density at radius 1 is 0.833 bits per heavy atom. The largest absolute Gasteiger partial charge is 0.187 e. The van der Waals surface area contributed by atoms with E-state index < -0.39 is 0 Å². The summed E-state index contributed by atoms with van der Waals surface area (Å²) in [5.41, 5.74) is 0. The van der Waals surface area contributed by atoms with Gasteiger partial charge in [-0.05, 0) is 12.5 Å². The molecule has 38 valence electrons. The molecule has 0 nitrogen and oxygen atoms in total. The minimum absolute atomic E-state index is 0. The molecule has 0 saturated carbocycles. The fraction of sp³-hybridized carbons (Fsp3) is 1.00. The van der Waals surface area contributed by atoms with Gasteiger partial charge < -0.3 is 0 Å². The normalized spacial score (nSPS) is 5.00. The van der Waals surface area contributed by atoms with Crippen LogP contribution in [0.1, 0.15) is 0 Å². The Morgan fingerprint density at radius 2 is 1.00 bits per heavy atom. The summed E-state index contributed by atoms with van der Waals surface area (Å²) in [6.07, 6.45) is 4.12. The summed E-state index contributed by atoms with van der Waals surface area (Å²) in [6, 6.07) is 0. The lowest BCUT2D eigenvalue weighted by Gasteiger charge is -1.69. The molecule has 0 rings (SSSR count). The van der Waals surface area contributed by atoms with E-state index in [1.165, 1.54) is 0 Å². The van der Waals surface area contributed by atoms with Gasteiger partial charge in [0, 0.05) is 0 Å². The Labute approximate surface area is 68.5 Å². The van der Waals surface area contributed by atoms with Crippen molar-refractivity contribution in [2.75, 3.05) is 12.5 Å². The fourth-order valence-corrected chi connectivity index (χ4v) is 0. The third kappa shape index (κ3) is 17.1. The van der Waals surface area contributed by atoms with Crippen LogP contribution in [0, 0.1) is 0 Å². The highest BCUT2D eigenvalue weighted by atomic mass is 33.1. The first-order valence-electron chi connectivity index (χ1n) is 0.983. The van der Waals surface area contributed by atoms with Crippen LogP contribution in [-0.2, 0) is 0 Å². The molecule has 0 aromatic heterocycles. The van der Waals surface area contributed by atoms with Crippen LogP contribution in [0.4, 0.5) is 0 Å². The van der Waals surface area contributed by atoms with E-state index in [-0.39, 0.29) is 34.7 Å². The SMILES string of the molecule is CSSC.[AlH3].[AlH3]. The van der Waals surface area contributed by atoms with Crippen molar-refractivity contribution in [2.45, 2.75) is 0 Å². The van der Waals surface area contributed by atoms with Gasteiger partial charge in [-0.15, -0.1) is 0 Å². The lowest BCUT2D eigenvalue weighted by Crippen LogP contribution is -1.28. The average Bonchev–Trinajstić information content (AvgIpc) is 1.37. The predicted molar refractivity (Wildman–Crippen MR) is 46.9 cm³/mol. The molecule has 0 aromatic rings. The van der Waals surface area contributed by atoms with Gasteiger partial charge in [-0.25, -0.2) is 0 Å². The summed E-state index contributed by atoms with van der Waals surface area (Å²) < 4.78 is 0. The Balaban J connectivity index is -0.0000000450. The molecule has 0 saturated heterocycles. The standard InChI is InChI=1S/C2H6S2.2Al.6H/c1-3-4-2;;;;;;;;/h1-2H3;;;;;;;;. The molecule has 0 aliphatic heterocycles. The van der Waals surface area contributed by atoms with E-state index in [1.807, 2.05) is 0 Å². The van der Waals surface area contributed by atoms with Crippen LogP contribution in [0.3, 0.4) is 0 Å². The van der Waals surface area contributed by atoms with Gasteiger partial charge in [0.15, 0.2) is 34.7 Å². The molecule has 0 heterocycles. The van der Waals surface area contributed by atoms with Crippen molar-refractivity contribution < 1.29 is 0 Å². The molecule has 0 atom stereocenters. The van der Waals surface area contributed by atoms with Gasteiger partial charge in [0.1, 0.15) is 0 Å². The van der Waals surface area contributed by atoms with Gasteiger partial charge in [0.05, 0.1) is 0 Å². The van der Waals surface area contributed by atoms with E-state index in [9.17, 15) is 0 Å². The first-order valence-corrected chi connectivity index (χ1v) is 3.95. The van der Waals surface area contributed by atoms with Crippen molar-refractivity contribution in [1.82, 2.24) is 0 Å². The average molecular weight is 154 g/mol. The molecular weight excluding hydrogens is 142 g/mol. The maximum absolute atomic E-state index is 2.06. The second-order valence-corrected chi connectivity index (χ2v) is 3.00. The minimum atomic E-state index is 0. The number of hydrogen-bond acceptors (Lipinski definition) is 2. The van der Waals surface area contributed by atoms with Gasteiger partial charge >= 0.3 is 0 Å². The van der Waals surface area contributed by atoms with Gasteiger partial charge in [-0.3, -0.25) is 0 Å². The molecule has 0 fully saturated rings. The van der Waals surface area contributed by atoms with E-state index in [2.05, 4.69) is 12.5 Å². The molecule has 0 unspecified atom stereocenters. The summed E-state index contributed by atoms with van der Waals surface area (Å²) in [7, 11) is 3.55. The number of hydrogen-bond donors (Lipinski definition) is 0. The van der Waals surface area contributed by atoms with Crippen molar-refractivity contribution in [3.63, 3.8) is 0 Å². The zero-order valence-electron chi connectivity index (χ0n) is 2.82. The Morgan fingerprint density at radius 3 is 1.00 bits per heavy atom. The third-order valence-electron chi connectivity index (χ3n) is 0.167. The lowest BCUT2D eigenvalue weighted by atomic mass is 12.0. The van der Waals surface area contributed by atoms with Crippen LogP contribution in [0.2, 0.25) is 0 Å². The van der Waals surface area contributed by atoms with Gasteiger partial charge in [0.25, 0.3) is 0 Å². The van der Waals surface area contributed by atoms with E-state index in [1.54, 1.807) is 21.6 Å². The van der Waals surface area contributed by atoms with Crippen LogP contribution in [-0.4, -0.2) is 47.2 Å². The molecule has 0 aromatic carbocycles. The minimum Gasteiger partial charge on any atom is -0.0979 e. The molecule has 0 bridgehead atoms. The van der Waals surface area contributed by atoms with E-state index >= 15 is 0 Å². The van der Waals surface area contributed by atoms with E-state index in [0.29, 0.717) is 0 Å². The maximum Gasteiger partial charge on any atom is 0.187 e. The van der Waals surface area contributed by atoms with Crippen LogP contribution >= 0.6 is 21.6 Å². The first-order chi connectivity index (χ1) is 1.91. The Kier molecular flexibility index (Phi) is 41.4. The van der Waals surface area contributed by atoms with Gasteiger partial charge in [0.2, 0.25) is 0 Å². The van der Waals surface area contributed by atoms with Crippen LogP contribution in [0.5, 0.6) is 0 Å². The summed E-state index contributed by atoms with van der Waals surface area (Å²) in [6.45, 7) is 0. The van der Waals surface area contributed by atoms with Gasteiger partial charge in [-0.2, -0.15) is 0 Å². The molecule has 0 radical (unpaired) electrons. The molecular formula is C2H12Al2S2. The van der Waals surface area contributed by atoms with Crippen molar-refractivity contribution in [1.29, 1.82) is 0 Å². The van der Waals surface area contributed by atoms with Crippen LogP contribution in [0.15, 0.2) is 0 Å². The Hall–Kier alpha value is 1.76. The summed E-state index contributed by atoms with van der Waals surface area (Å²) in [4.78, 5) is 0. The van der Waals surface area contributed by atoms with Crippen LogP contribution < -0.4 is 0 Å². The molecule has 0 aliphatic rings. The topological polar surface area (TPSA) is 0 Å². The lowest BCUT2D eigenvalue weighted by molar-refractivity contribution is 2.51. The monoisotopic (exact) mass is 154 g/mol. The highest BCUT2D eigenvalue weighted by molar-refractivity contribution is 8.76. The highest BCUT2D eigenvalue weighted by Crippen LogP contribution is 2.09. The van der Waals surface area contributed by atoms with Crippen molar-refractivity contribution in [3.8, 4) is 0 Å². The van der Waals surface area contributed by atoms with E-state index in [0.717, 1.165) is 0 Å². The molecule has 0 spiro atoms.